The van der Waals surface area contributed by atoms with Crippen molar-refractivity contribution in [2.24, 2.45) is 0 Å². The van der Waals surface area contributed by atoms with Crippen LogP contribution in [0.25, 0.3) is 17.2 Å². The van der Waals surface area contributed by atoms with Gasteiger partial charge >= 0.3 is 0 Å². The Bertz CT molecular complexity index is 1430. The van der Waals surface area contributed by atoms with Gasteiger partial charge in [-0.25, -0.2) is 14.6 Å². The van der Waals surface area contributed by atoms with Gasteiger partial charge in [0.25, 0.3) is 11.9 Å². The lowest BCUT2D eigenvalue weighted by Gasteiger charge is -2.21. The molecule has 36 heavy (non-hydrogen) atoms. The highest BCUT2D eigenvalue weighted by Gasteiger charge is 2.35. The first-order valence-corrected chi connectivity index (χ1v) is 12.5. The second-order valence-corrected chi connectivity index (χ2v) is 9.37. The van der Waals surface area contributed by atoms with Gasteiger partial charge in [-0.3, -0.25) is 9.78 Å². The van der Waals surface area contributed by atoms with Crippen molar-refractivity contribution in [3.8, 4) is 23.0 Å². The number of amides is 1. The van der Waals surface area contributed by atoms with E-state index in [0.29, 0.717) is 30.5 Å². The molecule has 2 aliphatic rings. The second kappa shape index (κ2) is 9.18. The molecule has 4 aromatic rings. The Labute approximate surface area is 210 Å². The minimum Gasteiger partial charge on any atom is -0.497 e. The van der Waals surface area contributed by atoms with Gasteiger partial charge in [-0.2, -0.15) is 5.10 Å². The molecule has 0 radical (unpaired) electrons. The van der Waals surface area contributed by atoms with Crippen molar-refractivity contribution in [3.05, 3.63) is 83.1 Å². The van der Waals surface area contributed by atoms with Gasteiger partial charge < -0.3 is 9.64 Å². The van der Waals surface area contributed by atoms with Crippen LogP contribution >= 0.6 is 0 Å². The molecule has 0 unspecified atom stereocenters. The molecule has 1 aromatic carbocycles. The fourth-order valence-electron chi connectivity index (χ4n) is 4.96. The van der Waals surface area contributed by atoms with Crippen molar-refractivity contribution < 1.29 is 9.53 Å². The summed E-state index contributed by atoms with van der Waals surface area (Å²) in [6, 6.07) is 10.0. The maximum absolute atomic E-state index is 13.6. The maximum Gasteiger partial charge on any atom is 0.257 e. The van der Waals surface area contributed by atoms with Gasteiger partial charge in [0.2, 0.25) is 0 Å². The van der Waals surface area contributed by atoms with E-state index in [-0.39, 0.29) is 5.91 Å². The number of carbonyl (C=O) groups excluding carboxylic acids is 1. The van der Waals surface area contributed by atoms with Gasteiger partial charge in [0.05, 0.1) is 30.3 Å². The molecule has 0 aliphatic heterocycles. The van der Waals surface area contributed by atoms with Crippen LogP contribution in [0, 0.1) is 0 Å². The average molecular weight is 481 g/mol. The summed E-state index contributed by atoms with van der Waals surface area (Å²) >= 11 is 0. The Kier molecular flexibility index (Phi) is 5.71. The predicted molar refractivity (Wildman–Crippen MR) is 135 cm³/mol. The summed E-state index contributed by atoms with van der Waals surface area (Å²) in [4.78, 5) is 29.2. The quantitative estimate of drug-likeness (QED) is 0.390. The van der Waals surface area contributed by atoms with E-state index >= 15 is 0 Å². The Balaban J connectivity index is 1.37. The lowest BCUT2D eigenvalue weighted by atomic mass is 9.90. The Morgan fingerprint density at radius 1 is 1.11 bits per heavy atom. The summed E-state index contributed by atoms with van der Waals surface area (Å²) in [5.74, 6) is 1.64. The predicted octanol–water partition coefficient (Wildman–Crippen LogP) is 4.37. The number of rotatable bonds is 7. The topological polar surface area (TPSA) is 86.0 Å². The first-order chi connectivity index (χ1) is 17.7. The summed E-state index contributed by atoms with van der Waals surface area (Å²) in [7, 11) is 1.69. The number of hydrogen-bond acceptors (Lipinski definition) is 6. The van der Waals surface area contributed by atoms with E-state index in [9.17, 15) is 4.79 Å². The molecule has 0 bridgehead atoms. The first kappa shape index (κ1) is 22.4. The number of aromatic nitrogens is 5. The smallest absolute Gasteiger partial charge is 0.257 e. The van der Waals surface area contributed by atoms with E-state index in [1.165, 1.54) is 5.56 Å². The lowest BCUT2D eigenvalue weighted by molar-refractivity contribution is 0.0751. The minimum atomic E-state index is -0.0159. The molecule has 8 nitrogen and oxygen atoms in total. The number of methoxy groups -OCH3 is 1. The number of benzene rings is 1. The van der Waals surface area contributed by atoms with Crippen molar-refractivity contribution in [3.63, 3.8) is 0 Å². The summed E-state index contributed by atoms with van der Waals surface area (Å²) in [5.41, 5.74) is 6.99. The normalized spacial score (nSPS) is 14.2. The summed E-state index contributed by atoms with van der Waals surface area (Å²) in [6.45, 7) is 3.13. The maximum atomic E-state index is 13.6. The highest BCUT2D eigenvalue weighted by molar-refractivity contribution is 5.95. The van der Waals surface area contributed by atoms with Crippen molar-refractivity contribution in [1.82, 2.24) is 29.6 Å². The van der Waals surface area contributed by atoms with Crippen molar-refractivity contribution >= 4 is 5.91 Å². The van der Waals surface area contributed by atoms with Crippen molar-refractivity contribution in [2.75, 3.05) is 13.7 Å². The molecule has 8 heteroatoms. The first-order valence-electron chi connectivity index (χ1n) is 12.5. The van der Waals surface area contributed by atoms with E-state index in [4.69, 9.17) is 9.72 Å². The Hall–Kier alpha value is -4.07. The molecule has 1 amide bonds. The van der Waals surface area contributed by atoms with Crippen LogP contribution in [0.15, 0.2) is 55.1 Å². The van der Waals surface area contributed by atoms with Crippen LogP contribution < -0.4 is 4.74 Å². The fourth-order valence-corrected chi connectivity index (χ4v) is 4.96. The zero-order valence-corrected chi connectivity index (χ0v) is 20.5. The van der Waals surface area contributed by atoms with Crippen LogP contribution in [0.3, 0.4) is 0 Å². The summed E-state index contributed by atoms with van der Waals surface area (Å²) in [6.07, 6.45) is 11.0. The molecule has 6 rings (SSSR count). The monoisotopic (exact) mass is 480 g/mol. The molecular weight excluding hydrogens is 452 g/mol. The van der Waals surface area contributed by atoms with E-state index in [0.717, 1.165) is 59.5 Å². The molecule has 0 saturated heterocycles. The Morgan fingerprint density at radius 3 is 2.67 bits per heavy atom. The molecular formula is C28H28N6O2. The van der Waals surface area contributed by atoms with Crippen molar-refractivity contribution in [1.29, 1.82) is 0 Å². The highest BCUT2D eigenvalue weighted by atomic mass is 16.5. The lowest BCUT2D eigenvalue weighted by Crippen LogP contribution is -2.31. The molecule has 3 heterocycles. The summed E-state index contributed by atoms with van der Waals surface area (Å²) < 4.78 is 7.20. The number of hydrogen-bond donors (Lipinski definition) is 0. The SMILES string of the molecule is CCN(Cc1ccncc1)C(=O)c1cnn(-c2ncc3c(n2)-c2ccc(OC)cc2CC3)c1C1CC1. The molecule has 0 atom stereocenters. The number of aryl methyl sites for hydroxylation is 2. The van der Waals surface area contributed by atoms with Gasteiger partial charge in [0.1, 0.15) is 5.75 Å². The van der Waals surface area contributed by atoms with Crippen LogP contribution in [0.5, 0.6) is 5.75 Å². The van der Waals surface area contributed by atoms with Gasteiger partial charge in [-0.15, -0.1) is 0 Å². The van der Waals surface area contributed by atoms with Crippen LogP contribution in [-0.2, 0) is 19.4 Å². The van der Waals surface area contributed by atoms with Crippen molar-refractivity contribution in [2.45, 2.75) is 45.1 Å². The average Bonchev–Trinajstić information content (AvgIpc) is 3.68. The molecule has 1 fully saturated rings. The number of ether oxygens (including phenoxy) is 1. The largest absolute Gasteiger partial charge is 0.497 e. The Morgan fingerprint density at radius 2 is 1.92 bits per heavy atom. The van der Waals surface area contributed by atoms with Gasteiger partial charge in [-0.1, -0.05) is 0 Å². The zero-order chi connectivity index (χ0) is 24.6. The molecule has 2 aliphatic carbocycles. The minimum absolute atomic E-state index is 0.0159. The number of carbonyl (C=O) groups is 1. The van der Waals surface area contributed by atoms with Crippen LogP contribution in [0.2, 0.25) is 0 Å². The van der Waals surface area contributed by atoms with E-state index in [2.05, 4.69) is 27.2 Å². The third-order valence-corrected chi connectivity index (χ3v) is 7.07. The zero-order valence-electron chi connectivity index (χ0n) is 20.5. The van der Waals surface area contributed by atoms with E-state index in [1.807, 2.05) is 36.2 Å². The molecule has 0 N–H and O–H groups in total. The fraction of sp³-hybridized carbons (Fsp3) is 0.321. The number of fused-ring (bicyclic) bond motifs is 3. The van der Waals surface area contributed by atoms with Gasteiger partial charge in [-0.05, 0) is 79.6 Å². The van der Waals surface area contributed by atoms with E-state index in [1.54, 1.807) is 30.4 Å². The second-order valence-electron chi connectivity index (χ2n) is 9.37. The number of nitrogens with zero attached hydrogens (tertiary/aromatic N) is 6. The van der Waals surface area contributed by atoms with Crippen LogP contribution in [0.1, 0.15) is 58.4 Å². The molecule has 0 spiro atoms. The molecule has 1 saturated carbocycles. The standard InChI is InChI=1S/C28H28N6O2/c1-3-33(17-18-10-12-29-13-11-18)27(35)24-16-31-34(26(24)19-4-5-19)28-30-15-21-7-6-20-14-22(36-2)8-9-23(20)25(21)32-28/h8-16,19H,3-7,17H2,1-2H3. The van der Waals surface area contributed by atoms with Crippen LogP contribution in [0.4, 0.5) is 0 Å². The molecule has 3 aromatic heterocycles. The third kappa shape index (κ3) is 4.02. The number of pyridine rings is 1. The highest BCUT2D eigenvalue weighted by Crippen LogP contribution is 2.43. The van der Waals surface area contributed by atoms with Gasteiger partial charge in [0.15, 0.2) is 0 Å². The van der Waals surface area contributed by atoms with Crippen LogP contribution in [-0.4, -0.2) is 49.2 Å². The van der Waals surface area contributed by atoms with Gasteiger partial charge in [0, 0.05) is 43.2 Å². The molecule has 182 valence electrons. The van der Waals surface area contributed by atoms with E-state index < -0.39 is 0 Å². The third-order valence-electron chi connectivity index (χ3n) is 7.07. The summed E-state index contributed by atoms with van der Waals surface area (Å²) in [5, 5.41) is 4.64.